The first-order chi connectivity index (χ1) is 5.16. The molecule has 0 saturated heterocycles. The van der Waals surface area contributed by atoms with Gasteiger partial charge in [-0.3, -0.25) is 4.79 Å². The molecule has 0 atom stereocenters. The Morgan fingerprint density at radius 3 is 2.45 bits per heavy atom. The Morgan fingerprint density at radius 2 is 2.00 bits per heavy atom. The third kappa shape index (κ3) is 8.27. The van der Waals surface area contributed by atoms with E-state index in [0.717, 1.165) is 5.75 Å². The van der Waals surface area contributed by atoms with Crippen molar-refractivity contribution in [2.45, 2.75) is 26.0 Å². The third-order valence-corrected chi connectivity index (χ3v) is 3.13. The van der Waals surface area contributed by atoms with E-state index in [-0.39, 0.29) is 0 Å². The van der Waals surface area contributed by atoms with E-state index >= 15 is 0 Å². The zero-order chi connectivity index (χ0) is 8.69. The first-order valence-electron chi connectivity index (χ1n) is 3.87. The van der Waals surface area contributed by atoms with Gasteiger partial charge in [-0.2, -0.15) is 23.5 Å². The molecule has 0 aromatic heterocycles. The normalized spacial score (nSPS) is 10.5. The largest absolute Gasteiger partial charge is 0.298 e. The molecule has 0 N–H and O–H groups in total. The molecule has 0 bridgehead atoms. The molecular weight excluding hydrogens is 176 g/mol. The van der Waals surface area contributed by atoms with Crippen LogP contribution in [0.3, 0.4) is 0 Å². The van der Waals surface area contributed by atoms with Crippen LogP contribution < -0.4 is 0 Å². The predicted octanol–water partition coefficient (Wildman–Crippen LogP) is 2.45. The molecule has 0 saturated carbocycles. The minimum Gasteiger partial charge on any atom is -0.298 e. The summed E-state index contributed by atoms with van der Waals surface area (Å²) in [6.07, 6.45) is 0. The number of hydrogen-bond donors (Lipinski definition) is 0. The number of Topliss-reactive ketones (excluding diaryl/α,β-unsaturated/α-hetero) is 1. The maximum atomic E-state index is 11.1. The molecule has 0 aromatic rings. The molecule has 0 amide bonds. The van der Waals surface area contributed by atoms with Crippen molar-refractivity contribution in [3.63, 3.8) is 0 Å². The Bertz CT molecular complexity index is 113. The van der Waals surface area contributed by atoms with E-state index in [4.69, 9.17) is 0 Å². The Labute approximate surface area is 77.7 Å². The van der Waals surface area contributed by atoms with Crippen molar-refractivity contribution in [2.24, 2.45) is 0 Å². The van der Waals surface area contributed by atoms with Crippen LogP contribution >= 0.6 is 23.5 Å². The summed E-state index contributed by atoms with van der Waals surface area (Å²) in [6, 6.07) is 0. The van der Waals surface area contributed by atoms with Crippen molar-refractivity contribution in [3.05, 3.63) is 0 Å². The highest BCUT2D eigenvalue weighted by Crippen LogP contribution is 2.10. The summed E-state index contributed by atoms with van der Waals surface area (Å²) in [5.41, 5.74) is 0. The maximum Gasteiger partial charge on any atom is 0.152 e. The smallest absolute Gasteiger partial charge is 0.152 e. The highest BCUT2D eigenvalue weighted by atomic mass is 32.2. The molecule has 3 heteroatoms. The summed E-state index contributed by atoms with van der Waals surface area (Å²) in [7, 11) is 0. The van der Waals surface area contributed by atoms with Gasteiger partial charge in [-0.05, 0) is 11.0 Å². The van der Waals surface area contributed by atoms with Crippen molar-refractivity contribution in [1.82, 2.24) is 0 Å². The molecule has 0 fully saturated rings. The van der Waals surface area contributed by atoms with Gasteiger partial charge in [0.15, 0.2) is 5.78 Å². The van der Waals surface area contributed by atoms with Gasteiger partial charge in [0.05, 0.1) is 11.5 Å². The molecule has 0 rings (SSSR count). The Hall–Kier alpha value is 0.370. The molecule has 0 unspecified atom stereocenters. The highest BCUT2D eigenvalue weighted by molar-refractivity contribution is 8.01. The predicted molar refractivity (Wildman–Crippen MR) is 55.6 cm³/mol. The second kappa shape index (κ2) is 7.04. The second-order valence-electron chi connectivity index (χ2n) is 2.54. The van der Waals surface area contributed by atoms with E-state index in [9.17, 15) is 4.79 Å². The highest BCUT2D eigenvalue weighted by Gasteiger charge is 2.02. The fourth-order valence-corrected chi connectivity index (χ4v) is 1.80. The summed E-state index contributed by atoms with van der Waals surface area (Å²) in [6.45, 7) is 6.31. The summed E-state index contributed by atoms with van der Waals surface area (Å²) >= 11 is 3.43. The van der Waals surface area contributed by atoms with Crippen molar-refractivity contribution in [1.29, 1.82) is 0 Å². The van der Waals surface area contributed by atoms with Crippen LogP contribution in [-0.4, -0.2) is 28.3 Å². The number of ketones is 1. The SMILES string of the molecule is CCSCC(=O)CSC(C)C. The Kier molecular flexibility index (Phi) is 7.28. The lowest BCUT2D eigenvalue weighted by atomic mass is 10.5. The van der Waals surface area contributed by atoms with E-state index in [1.807, 2.05) is 0 Å². The number of carbonyl (C=O) groups excluding carboxylic acids is 1. The minimum absolute atomic E-state index is 0.371. The molecular formula is C8H16OS2. The number of carbonyl (C=O) groups is 1. The van der Waals surface area contributed by atoms with E-state index in [2.05, 4.69) is 20.8 Å². The molecule has 11 heavy (non-hydrogen) atoms. The molecule has 1 nitrogen and oxygen atoms in total. The molecule has 0 aromatic carbocycles. The first-order valence-corrected chi connectivity index (χ1v) is 6.08. The molecule has 0 spiro atoms. The zero-order valence-corrected chi connectivity index (χ0v) is 9.06. The van der Waals surface area contributed by atoms with Gasteiger partial charge in [-0.15, -0.1) is 0 Å². The summed E-state index contributed by atoms with van der Waals surface area (Å²) in [4.78, 5) is 11.1. The van der Waals surface area contributed by atoms with Gasteiger partial charge < -0.3 is 0 Å². The van der Waals surface area contributed by atoms with Crippen LogP contribution in [0, 0.1) is 0 Å². The van der Waals surface area contributed by atoms with Gasteiger partial charge in [0.1, 0.15) is 0 Å². The first kappa shape index (κ1) is 11.4. The number of thioether (sulfide) groups is 2. The van der Waals surface area contributed by atoms with Crippen LogP contribution in [0.4, 0.5) is 0 Å². The molecule has 0 aliphatic rings. The van der Waals surface area contributed by atoms with Gasteiger partial charge in [-0.1, -0.05) is 20.8 Å². The topological polar surface area (TPSA) is 17.1 Å². The zero-order valence-electron chi connectivity index (χ0n) is 7.42. The van der Waals surface area contributed by atoms with Gasteiger partial charge in [0.25, 0.3) is 0 Å². The van der Waals surface area contributed by atoms with Crippen molar-refractivity contribution in [2.75, 3.05) is 17.3 Å². The molecule has 66 valence electrons. The van der Waals surface area contributed by atoms with Gasteiger partial charge in [0, 0.05) is 0 Å². The number of rotatable bonds is 6. The van der Waals surface area contributed by atoms with Crippen molar-refractivity contribution < 1.29 is 4.79 Å². The molecule has 0 aliphatic heterocycles. The van der Waals surface area contributed by atoms with Crippen LogP contribution in [-0.2, 0) is 4.79 Å². The minimum atomic E-state index is 0.371. The lowest BCUT2D eigenvalue weighted by molar-refractivity contribution is -0.114. The Morgan fingerprint density at radius 1 is 1.36 bits per heavy atom. The lowest BCUT2D eigenvalue weighted by Crippen LogP contribution is -2.06. The van der Waals surface area contributed by atoms with Crippen LogP contribution in [0.25, 0.3) is 0 Å². The van der Waals surface area contributed by atoms with Crippen molar-refractivity contribution >= 4 is 29.3 Å². The van der Waals surface area contributed by atoms with Gasteiger partial charge in [-0.25, -0.2) is 0 Å². The monoisotopic (exact) mass is 192 g/mol. The average Bonchev–Trinajstić information content (AvgIpc) is 1.97. The van der Waals surface area contributed by atoms with Crippen LogP contribution in [0.1, 0.15) is 20.8 Å². The van der Waals surface area contributed by atoms with E-state index in [0.29, 0.717) is 22.5 Å². The molecule has 0 heterocycles. The van der Waals surface area contributed by atoms with Crippen molar-refractivity contribution in [3.8, 4) is 0 Å². The third-order valence-electron chi connectivity index (χ3n) is 1.04. The van der Waals surface area contributed by atoms with E-state index in [1.54, 1.807) is 23.5 Å². The second-order valence-corrected chi connectivity index (χ2v) is 5.37. The van der Waals surface area contributed by atoms with Gasteiger partial charge >= 0.3 is 0 Å². The molecule has 0 radical (unpaired) electrons. The molecule has 0 aliphatic carbocycles. The summed E-state index contributed by atoms with van der Waals surface area (Å²) < 4.78 is 0. The standard InChI is InChI=1S/C8H16OS2/c1-4-10-5-8(9)6-11-7(2)3/h7H,4-6H2,1-3H3. The maximum absolute atomic E-state index is 11.1. The summed E-state index contributed by atoms with van der Waals surface area (Å²) in [5, 5.41) is 0.575. The quantitative estimate of drug-likeness (QED) is 0.643. The van der Waals surface area contributed by atoms with Crippen LogP contribution in [0.2, 0.25) is 0 Å². The van der Waals surface area contributed by atoms with Crippen LogP contribution in [0.15, 0.2) is 0 Å². The summed E-state index contributed by atoms with van der Waals surface area (Å²) in [5.74, 6) is 2.79. The fourth-order valence-electron chi connectivity index (χ4n) is 0.517. The fraction of sp³-hybridized carbons (Fsp3) is 0.875. The lowest BCUT2D eigenvalue weighted by Gasteiger charge is -2.02. The van der Waals surface area contributed by atoms with Gasteiger partial charge in [0.2, 0.25) is 0 Å². The van der Waals surface area contributed by atoms with E-state index < -0.39 is 0 Å². The Balaban J connectivity index is 3.23. The van der Waals surface area contributed by atoms with Crippen LogP contribution in [0.5, 0.6) is 0 Å². The van der Waals surface area contributed by atoms with E-state index in [1.165, 1.54) is 0 Å². The number of hydrogen-bond acceptors (Lipinski definition) is 3. The average molecular weight is 192 g/mol.